The van der Waals surface area contributed by atoms with Crippen molar-refractivity contribution in [2.24, 2.45) is 17.8 Å². The lowest BCUT2D eigenvalue weighted by atomic mass is 9.81. The number of anilines is 2. The van der Waals surface area contributed by atoms with Crippen LogP contribution in [0.4, 0.5) is 11.4 Å². The molecular weight excluding hydrogens is 462 g/mol. The zero-order valence-electron chi connectivity index (χ0n) is 20.1. The summed E-state index contributed by atoms with van der Waals surface area (Å²) >= 11 is 0. The van der Waals surface area contributed by atoms with Gasteiger partial charge in [0.1, 0.15) is 0 Å². The van der Waals surface area contributed by atoms with Gasteiger partial charge < -0.3 is 10.2 Å². The molecule has 2 aliphatic carbocycles. The van der Waals surface area contributed by atoms with Crippen LogP contribution in [0.15, 0.2) is 53.4 Å². The minimum atomic E-state index is -3.64. The quantitative estimate of drug-likeness (QED) is 0.605. The Hall–Kier alpha value is -2.71. The molecule has 0 spiro atoms. The highest BCUT2D eigenvalue weighted by Gasteiger charge is 2.39. The minimum absolute atomic E-state index is 0.0387. The summed E-state index contributed by atoms with van der Waals surface area (Å²) in [6, 6.07) is 14.6. The van der Waals surface area contributed by atoms with Gasteiger partial charge in [0.2, 0.25) is 21.8 Å². The smallest absolute Gasteiger partial charge is 0.240 e. The molecule has 0 aromatic heterocycles. The third-order valence-electron chi connectivity index (χ3n) is 7.56. The van der Waals surface area contributed by atoms with Gasteiger partial charge in [0.15, 0.2) is 0 Å². The minimum Gasteiger partial charge on any atom is -0.326 e. The molecule has 2 aromatic rings. The van der Waals surface area contributed by atoms with E-state index in [0.717, 1.165) is 55.5 Å². The molecule has 2 fully saturated rings. The van der Waals surface area contributed by atoms with Crippen molar-refractivity contribution >= 4 is 33.2 Å². The van der Waals surface area contributed by atoms with E-state index in [4.69, 9.17) is 0 Å². The van der Waals surface area contributed by atoms with Crippen molar-refractivity contribution in [1.29, 1.82) is 0 Å². The summed E-state index contributed by atoms with van der Waals surface area (Å²) < 4.78 is 28.8. The lowest BCUT2D eigenvalue weighted by Gasteiger charge is -2.28. The molecule has 1 atom stereocenters. The summed E-state index contributed by atoms with van der Waals surface area (Å²) in [5, 5.41) is 2.97. The van der Waals surface area contributed by atoms with Crippen LogP contribution in [0, 0.1) is 17.8 Å². The summed E-state index contributed by atoms with van der Waals surface area (Å²) in [5.41, 5.74) is 2.57. The summed E-state index contributed by atoms with van der Waals surface area (Å²) in [4.78, 5) is 27.3. The van der Waals surface area contributed by atoms with Gasteiger partial charge in [-0.1, -0.05) is 18.2 Å². The predicted molar refractivity (Wildman–Crippen MR) is 136 cm³/mol. The first-order chi connectivity index (χ1) is 16.8. The number of hydrogen-bond donors (Lipinski definition) is 2. The second kappa shape index (κ2) is 9.74. The SMILES string of the molecule is CC1Cc2cc(S(=O)(=O)NCC3CCC(C(=O)Nc4ccccc4)CC3)ccc2N1C(=O)C1CC1. The van der Waals surface area contributed by atoms with E-state index in [1.165, 1.54) is 0 Å². The van der Waals surface area contributed by atoms with Crippen LogP contribution in [-0.2, 0) is 26.0 Å². The van der Waals surface area contributed by atoms with Crippen LogP contribution in [0.5, 0.6) is 0 Å². The fraction of sp³-hybridized carbons (Fsp3) is 0.481. The number of amides is 2. The topological polar surface area (TPSA) is 95.6 Å². The van der Waals surface area contributed by atoms with Crippen molar-refractivity contribution in [1.82, 2.24) is 4.72 Å². The van der Waals surface area contributed by atoms with Gasteiger partial charge in [-0.05, 0) is 93.7 Å². The average molecular weight is 496 g/mol. The molecule has 1 heterocycles. The first-order valence-corrected chi connectivity index (χ1v) is 14.1. The normalized spacial score (nSPS) is 24.1. The van der Waals surface area contributed by atoms with E-state index >= 15 is 0 Å². The molecule has 35 heavy (non-hydrogen) atoms. The summed E-state index contributed by atoms with van der Waals surface area (Å²) in [7, 11) is -3.64. The number of benzene rings is 2. The van der Waals surface area contributed by atoms with Crippen LogP contribution in [-0.4, -0.2) is 32.8 Å². The van der Waals surface area contributed by atoms with Crippen LogP contribution in [0.3, 0.4) is 0 Å². The Bertz CT molecular complexity index is 1200. The number of rotatable bonds is 7. The van der Waals surface area contributed by atoms with Crippen molar-refractivity contribution < 1.29 is 18.0 Å². The van der Waals surface area contributed by atoms with Crippen LogP contribution in [0.2, 0.25) is 0 Å². The lowest BCUT2D eigenvalue weighted by molar-refractivity contribution is -0.121. The van der Waals surface area contributed by atoms with E-state index in [1.807, 2.05) is 42.2 Å². The Morgan fingerprint density at radius 1 is 0.943 bits per heavy atom. The third-order valence-corrected chi connectivity index (χ3v) is 8.98. The highest BCUT2D eigenvalue weighted by atomic mass is 32.2. The van der Waals surface area contributed by atoms with E-state index in [2.05, 4.69) is 10.0 Å². The van der Waals surface area contributed by atoms with Gasteiger partial charge in [0.25, 0.3) is 0 Å². The van der Waals surface area contributed by atoms with Gasteiger partial charge in [-0.15, -0.1) is 0 Å². The van der Waals surface area contributed by atoms with E-state index < -0.39 is 10.0 Å². The maximum atomic E-state index is 13.0. The van der Waals surface area contributed by atoms with Gasteiger partial charge in [-0.3, -0.25) is 9.59 Å². The monoisotopic (exact) mass is 495 g/mol. The van der Waals surface area contributed by atoms with Gasteiger partial charge in [-0.25, -0.2) is 13.1 Å². The molecule has 186 valence electrons. The van der Waals surface area contributed by atoms with Crippen molar-refractivity contribution in [2.45, 2.75) is 62.8 Å². The molecule has 2 saturated carbocycles. The maximum absolute atomic E-state index is 13.0. The number of carbonyl (C=O) groups is 2. The fourth-order valence-corrected chi connectivity index (χ4v) is 6.51. The Kier molecular flexibility index (Phi) is 6.68. The standard InChI is InChI=1S/C27H33N3O4S/c1-18-15-22-16-24(13-14-25(22)30(18)27(32)21-11-12-21)35(33,34)28-17-19-7-9-20(10-8-19)26(31)29-23-5-3-2-4-6-23/h2-6,13-14,16,18-21,28H,7-12,15,17H2,1H3,(H,29,31). The van der Waals surface area contributed by atoms with Crippen molar-refractivity contribution in [3.63, 3.8) is 0 Å². The van der Waals surface area contributed by atoms with E-state index in [0.29, 0.717) is 13.0 Å². The lowest BCUT2D eigenvalue weighted by Crippen LogP contribution is -2.36. The first kappa shape index (κ1) is 24.0. The molecule has 0 radical (unpaired) electrons. The molecule has 0 saturated heterocycles. The van der Waals surface area contributed by atoms with Crippen molar-refractivity contribution in [2.75, 3.05) is 16.8 Å². The second-order valence-corrected chi connectivity index (χ2v) is 12.0. The molecule has 3 aliphatic rings. The largest absolute Gasteiger partial charge is 0.326 e. The molecule has 1 aliphatic heterocycles. The number of para-hydroxylation sites is 1. The Morgan fingerprint density at radius 2 is 1.63 bits per heavy atom. The highest BCUT2D eigenvalue weighted by Crippen LogP contribution is 2.39. The van der Waals surface area contributed by atoms with Gasteiger partial charge in [0.05, 0.1) is 4.90 Å². The summed E-state index contributed by atoms with van der Waals surface area (Å²) in [6.07, 6.45) is 5.72. The third kappa shape index (κ3) is 5.28. The van der Waals surface area contributed by atoms with Gasteiger partial charge >= 0.3 is 0 Å². The average Bonchev–Trinajstić information content (AvgIpc) is 3.65. The van der Waals surface area contributed by atoms with E-state index in [9.17, 15) is 18.0 Å². The zero-order valence-corrected chi connectivity index (χ0v) is 20.9. The molecule has 2 N–H and O–H groups in total. The van der Waals surface area contributed by atoms with Crippen molar-refractivity contribution in [3.05, 3.63) is 54.1 Å². The first-order valence-electron chi connectivity index (χ1n) is 12.6. The number of nitrogens with one attached hydrogen (secondary N) is 2. The summed E-state index contributed by atoms with van der Waals surface area (Å²) in [5.74, 6) is 0.512. The Labute approximate surface area is 207 Å². The van der Waals surface area contributed by atoms with Crippen LogP contribution < -0.4 is 14.9 Å². The van der Waals surface area contributed by atoms with Crippen LogP contribution in [0.25, 0.3) is 0 Å². The number of hydrogen-bond acceptors (Lipinski definition) is 4. The Balaban J connectivity index is 1.15. The fourth-order valence-electron chi connectivity index (χ4n) is 5.34. The number of nitrogens with zero attached hydrogens (tertiary/aromatic N) is 1. The molecule has 0 bridgehead atoms. The maximum Gasteiger partial charge on any atom is 0.240 e. The Morgan fingerprint density at radius 3 is 2.31 bits per heavy atom. The molecule has 5 rings (SSSR count). The van der Waals surface area contributed by atoms with Gasteiger partial charge in [0, 0.05) is 35.8 Å². The second-order valence-electron chi connectivity index (χ2n) is 10.3. The molecule has 1 unspecified atom stereocenters. The highest BCUT2D eigenvalue weighted by molar-refractivity contribution is 7.89. The molecule has 2 amide bonds. The van der Waals surface area contributed by atoms with E-state index in [1.54, 1.807) is 18.2 Å². The summed E-state index contributed by atoms with van der Waals surface area (Å²) in [6.45, 7) is 2.39. The number of sulfonamides is 1. The van der Waals surface area contributed by atoms with Crippen LogP contribution in [0.1, 0.15) is 51.0 Å². The molecule has 8 heteroatoms. The van der Waals surface area contributed by atoms with Crippen LogP contribution >= 0.6 is 0 Å². The van der Waals surface area contributed by atoms with E-state index in [-0.39, 0.29) is 40.5 Å². The molecule has 7 nitrogen and oxygen atoms in total. The zero-order chi connectivity index (χ0) is 24.6. The van der Waals surface area contributed by atoms with Gasteiger partial charge in [-0.2, -0.15) is 0 Å². The molecular formula is C27H33N3O4S. The molecule has 2 aromatic carbocycles. The number of carbonyl (C=O) groups excluding carboxylic acids is 2. The predicted octanol–water partition coefficient (Wildman–Crippen LogP) is 4.10. The van der Waals surface area contributed by atoms with Crippen molar-refractivity contribution in [3.8, 4) is 0 Å². The number of fused-ring (bicyclic) bond motifs is 1.